The smallest absolute Gasteiger partial charge is 0.118 e. The van der Waals surface area contributed by atoms with Crippen molar-refractivity contribution in [2.75, 3.05) is 7.11 Å². The van der Waals surface area contributed by atoms with Gasteiger partial charge in [-0.3, -0.25) is 4.68 Å². The molecule has 0 N–H and O–H groups in total. The predicted molar refractivity (Wildman–Crippen MR) is 79.1 cm³/mol. The molecule has 5 nitrogen and oxygen atoms in total. The molecule has 0 aliphatic rings. The highest BCUT2D eigenvalue weighted by Gasteiger charge is 2.08. The van der Waals surface area contributed by atoms with Crippen LogP contribution in [0.3, 0.4) is 0 Å². The van der Waals surface area contributed by atoms with E-state index in [0.717, 1.165) is 28.0 Å². The van der Waals surface area contributed by atoms with Crippen LogP contribution in [0.2, 0.25) is 0 Å². The van der Waals surface area contributed by atoms with Crippen LogP contribution in [0.1, 0.15) is 16.8 Å². The molecule has 5 heteroatoms. The SMILES string of the molecule is COc1ccc(Cn2ncc3nc(C)c(C#N)cc32)cc1. The van der Waals surface area contributed by atoms with Gasteiger partial charge in [0, 0.05) is 0 Å². The topological polar surface area (TPSA) is 63.7 Å². The first-order valence-electron chi connectivity index (χ1n) is 6.57. The molecule has 0 spiro atoms. The van der Waals surface area contributed by atoms with E-state index in [1.807, 2.05) is 41.9 Å². The molecule has 21 heavy (non-hydrogen) atoms. The molecule has 0 fully saturated rings. The van der Waals surface area contributed by atoms with E-state index in [0.29, 0.717) is 12.1 Å². The summed E-state index contributed by atoms with van der Waals surface area (Å²) in [4.78, 5) is 4.41. The van der Waals surface area contributed by atoms with Crippen molar-refractivity contribution in [1.82, 2.24) is 14.8 Å². The van der Waals surface area contributed by atoms with Crippen molar-refractivity contribution in [2.45, 2.75) is 13.5 Å². The molecule has 0 amide bonds. The Morgan fingerprint density at radius 2 is 2.05 bits per heavy atom. The van der Waals surface area contributed by atoms with Gasteiger partial charge < -0.3 is 4.74 Å². The number of nitriles is 1. The van der Waals surface area contributed by atoms with Crippen LogP contribution in [-0.4, -0.2) is 21.9 Å². The van der Waals surface area contributed by atoms with Gasteiger partial charge in [-0.15, -0.1) is 0 Å². The van der Waals surface area contributed by atoms with E-state index in [2.05, 4.69) is 16.2 Å². The minimum absolute atomic E-state index is 0.582. The molecule has 3 rings (SSSR count). The minimum Gasteiger partial charge on any atom is -0.497 e. The number of fused-ring (bicyclic) bond motifs is 1. The van der Waals surface area contributed by atoms with Crippen molar-refractivity contribution in [3.8, 4) is 11.8 Å². The van der Waals surface area contributed by atoms with E-state index in [4.69, 9.17) is 10.00 Å². The third-order valence-electron chi connectivity index (χ3n) is 3.43. The van der Waals surface area contributed by atoms with E-state index >= 15 is 0 Å². The average Bonchev–Trinajstić information content (AvgIpc) is 2.89. The van der Waals surface area contributed by atoms with Crippen LogP contribution in [0, 0.1) is 18.3 Å². The summed E-state index contributed by atoms with van der Waals surface area (Å²) in [5, 5.41) is 13.5. The second-order valence-corrected chi connectivity index (χ2v) is 4.79. The summed E-state index contributed by atoms with van der Waals surface area (Å²) in [6.45, 7) is 2.46. The molecule has 2 heterocycles. The Hall–Kier alpha value is -2.87. The lowest BCUT2D eigenvalue weighted by molar-refractivity contribution is 0.414. The molecule has 3 aromatic rings. The number of aryl methyl sites for hydroxylation is 1. The zero-order valence-corrected chi connectivity index (χ0v) is 11.9. The summed E-state index contributed by atoms with van der Waals surface area (Å²) in [6, 6.07) is 11.8. The molecule has 1 aromatic carbocycles. The first-order chi connectivity index (χ1) is 10.2. The van der Waals surface area contributed by atoms with Crippen LogP contribution in [-0.2, 0) is 6.54 Å². The summed E-state index contributed by atoms with van der Waals surface area (Å²) in [6.07, 6.45) is 1.73. The van der Waals surface area contributed by atoms with Crippen molar-refractivity contribution >= 4 is 11.0 Å². The highest BCUT2D eigenvalue weighted by Crippen LogP contribution is 2.18. The molecular weight excluding hydrogens is 264 g/mol. The normalized spacial score (nSPS) is 10.5. The van der Waals surface area contributed by atoms with Crippen LogP contribution in [0.4, 0.5) is 0 Å². The first-order valence-corrected chi connectivity index (χ1v) is 6.57. The van der Waals surface area contributed by atoms with Crippen molar-refractivity contribution in [2.24, 2.45) is 0 Å². The zero-order chi connectivity index (χ0) is 14.8. The van der Waals surface area contributed by atoms with Gasteiger partial charge in [-0.25, -0.2) is 4.98 Å². The first kappa shape index (κ1) is 13.1. The second kappa shape index (κ2) is 5.25. The Labute approximate surface area is 122 Å². The molecule has 0 bridgehead atoms. The molecule has 2 aromatic heterocycles. The highest BCUT2D eigenvalue weighted by atomic mass is 16.5. The van der Waals surface area contributed by atoms with Gasteiger partial charge in [0.1, 0.15) is 17.3 Å². The molecule has 0 unspecified atom stereocenters. The number of methoxy groups -OCH3 is 1. The molecule has 0 atom stereocenters. The Kier molecular flexibility index (Phi) is 3.28. The maximum atomic E-state index is 9.12. The summed E-state index contributed by atoms with van der Waals surface area (Å²) >= 11 is 0. The molecule has 0 aliphatic carbocycles. The van der Waals surface area contributed by atoms with Crippen molar-refractivity contribution in [3.63, 3.8) is 0 Å². The van der Waals surface area contributed by atoms with E-state index in [1.54, 1.807) is 13.3 Å². The van der Waals surface area contributed by atoms with Gasteiger partial charge in [-0.1, -0.05) is 12.1 Å². The van der Waals surface area contributed by atoms with Crippen LogP contribution >= 0.6 is 0 Å². The van der Waals surface area contributed by atoms with Crippen LogP contribution in [0.5, 0.6) is 5.75 Å². The number of ether oxygens (including phenoxy) is 1. The van der Waals surface area contributed by atoms with E-state index in [1.165, 1.54) is 0 Å². The van der Waals surface area contributed by atoms with Gasteiger partial charge >= 0.3 is 0 Å². The van der Waals surface area contributed by atoms with Crippen LogP contribution in [0.25, 0.3) is 11.0 Å². The molecular formula is C16H14N4O. The number of hydrogen-bond donors (Lipinski definition) is 0. The molecule has 0 radical (unpaired) electrons. The monoisotopic (exact) mass is 278 g/mol. The lowest BCUT2D eigenvalue weighted by Gasteiger charge is -2.06. The average molecular weight is 278 g/mol. The number of nitrogens with zero attached hydrogens (tertiary/aromatic N) is 4. The number of rotatable bonds is 3. The van der Waals surface area contributed by atoms with Gasteiger partial charge in [0.2, 0.25) is 0 Å². The van der Waals surface area contributed by atoms with Gasteiger partial charge in [-0.2, -0.15) is 10.4 Å². The van der Waals surface area contributed by atoms with Crippen molar-refractivity contribution in [1.29, 1.82) is 5.26 Å². The van der Waals surface area contributed by atoms with Crippen molar-refractivity contribution in [3.05, 3.63) is 53.3 Å². The third-order valence-corrected chi connectivity index (χ3v) is 3.43. The van der Waals surface area contributed by atoms with Crippen LogP contribution < -0.4 is 4.74 Å². The fourth-order valence-electron chi connectivity index (χ4n) is 2.24. The number of aromatic nitrogens is 3. The summed E-state index contributed by atoms with van der Waals surface area (Å²) < 4.78 is 7.00. The molecule has 0 saturated carbocycles. The van der Waals surface area contributed by atoms with E-state index in [9.17, 15) is 0 Å². The second-order valence-electron chi connectivity index (χ2n) is 4.79. The molecule has 104 valence electrons. The van der Waals surface area contributed by atoms with Gasteiger partial charge in [-0.05, 0) is 30.7 Å². The van der Waals surface area contributed by atoms with Crippen LogP contribution in [0.15, 0.2) is 36.5 Å². The Morgan fingerprint density at radius 3 is 2.71 bits per heavy atom. The van der Waals surface area contributed by atoms with Gasteiger partial charge in [0.05, 0.1) is 36.6 Å². The summed E-state index contributed by atoms with van der Waals surface area (Å²) in [5.74, 6) is 0.827. The summed E-state index contributed by atoms with van der Waals surface area (Å²) in [5.41, 5.74) is 4.10. The molecule has 0 saturated heterocycles. The minimum atomic E-state index is 0.582. The van der Waals surface area contributed by atoms with Gasteiger partial charge in [0.25, 0.3) is 0 Å². The molecule has 0 aliphatic heterocycles. The Bertz CT molecular complexity index is 828. The van der Waals surface area contributed by atoms with E-state index in [-0.39, 0.29) is 0 Å². The number of hydrogen-bond acceptors (Lipinski definition) is 4. The number of pyridine rings is 1. The maximum Gasteiger partial charge on any atom is 0.118 e. The lowest BCUT2D eigenvalue weighted by atomic mass is 10.2. The lowest BCUT2D eigenvalue weighted by Crippen LogP contribution is -2.02. The number of benzene rings is 1. The fraction of sp³-hybridized carbons (Fsp3) is 0.188. The Balaban J connectivity index is 1.98. The van der Waals surface area contributed by atoms with Crippen molar-refractivity contribution < 1.29 is 4.74 Å². The largest absolute Gasteiger partial charge is 0.497 e. The quantitative estimate of drug-likeness (QED) is 0.739. The zero-order valence-electron chi connectivity index (χ0n) is 11.9. The van der Waals surface area contributed by atoms with Gasteiger partial charge in [0.15, 0.2) is 0 Å². The Morgan fingerprint density at radius 1 is 1.29 bits per heavy atom. The highest BCUT2D eigenvalue weighted by molar-refractivity contribution is 5.76. The van der Waals surface area contributed by atoms with E-state index < -0.39 is 0 Å². The third kappa shape index (κ3) is 2.43. The predicted octanol–water partition coefficient (Wildman–Crippen LogP) is 2.67. The fourth-order valence-corrected chi connectivity index (χ4v) is 2.24. The summed E-state index contributed by atoms with van der Waals surface area (Å²) in [7, 11) is 1.65. The maximum absolute atomic E-state index is 9.12. The standard InChI is InChI=1S/C16H14N4O/c1-11-13(8-17)7-16-15(19-11)9-18-20(16)10-12-3-5-14(21-2)6-4-12/h3-7,9H,10H2,1-2H3.